The number of cyclic esters (lactones) is 1. The van der Waals surface area contributed by atoms with Crippen molar-refractivity contribution in [3.8, 4) is 0 Å². The smallest absolute Gasteiger partial charge is 0.344 e. The van der Waals surface area contributed by atoms with Crippen LogP contribution in [0.1, 0.15) is 52.6 Å². The highest BCUT2D eigenvalue weighted by atomic mass is 28.4. The van der Waals surface area contributed by atoms with Crippen molar-refractivity contribution >= 4 is 32.0 Å². The lowest BCUT2D eigenvalue weighted by molar-refractivity contribution is 0.0372. The lowest BCUT2D eigenvalue weighted by Crippen LogP contribution is -2.53. The number of ether oxygens (including phenoxy) is 1. The van der Waals surface area contributed by atoms with Gasteiger partial charge in [-0.25, -0.2) is 9.18 Å². The SMILES string of the molecule is CC(C)(C)[Si](C)(C)OCC1CN(C(=O)c2cc(/C=C3\OC(=O)c4ccccc43)ccc2F)C1. The molecule has 1 amide bonds. The minimum absolute atomic E-state index is 0.0192. The van der Waals surface area contributed by atoms with E-state index in [1.54, 1.807) is 35.2 Å². The first-order chi connectivity index (χ1) is 15.5. The first-order valence-electron chi connectivity index (χ1n) is 11.2. The summed E-state index contributed by atoms with van der Waals surface area (Å²) in [6, 6.07) is 11.5. The second kappa shape index (κ2) is 8.54. The van der Waals surface area contributed by atoms with Crippen LogP contribution in [0.2, 0.25) is 18.1 Å². The normalized spacial score (nSPS) is 17.7. The Kier molecular flexibility index (Phi) is 6.05. The zero-order valence-electron chi connectivity index (χ0n) is 19.8. The molecule has 2 aromatic carbocycles. The molecular weight excluding hydrogens is 437 g/mol. The third-order valence-corrected chi connectivity index (χ3v) is 11.4. The number of likely N-dealkylation sites (tertiary alicyclic amines) is 1. The Labute approximate surface area is 195 Å². The predicted octanol–water partition coefficient (Wildman–Crippen LogP) is 5.59. The summed E-state index contributed by atoms with van der Waals surface area (Å²) in [6.07, 6.45) is 1.66. The molecule has 5 nitrogen and oxygen atoms in total. The van der Waals surface area contributed by atoms with Gasteiger partial charge in [0.25, 0.3) is 5.91 Å². The summed E-state index contributed by atoms with van der Waals surface area (Å²) in [5, 5.41) is 0.137. The van der Waals surface area contributed by atoms with Gasteiger partial charge in [0.05, 0.1) is 11.1 Å². The molecule has 1 fully saturated rings. The molecule has 0 saturated carbocycles. The molecule has 0 atom stereocenters. The van der Waals surface area contributed by atoms with Gasteiger partial charge in [0, 0.05) is 31.2 Å². The molecule has 7 heteroatoms. The summed E-state index contributed by atoms with van der Waals surface area (Å²) in [5.74, 6) is -0.646. The lowest BCUT2D eigenvalue weighted by atomic mass is 9.99. The van der Waals surface area contributed by atoms with E-state index in [9.17, 15) is 14.0 Å². The van der Waals surface area contributed by atoms with E-state index in [4.69, 9.17) is 9.16 Å². The number of nitrogens with zero attached hydrogens (tertiary/aromatic N) is 1. The van der Waals surface area contributed by atoms with Crippen LogP contribution in [0.15, 0.2) is 42.5 Å². The van der Waals surface area contributed by atoms with Gasteiger partial charge in [-0.2, -0.15) is 0 Å². The summed E-state index contributed by atoms with van der Waals surface area (Å²) < 4.78 is 26.1. The molecule has 0 N–H and O–H groups in total. The van der Waals surface area contributed by atoms with Gasteiger partial charge in [-0.05, 0) is 48.0 Å². The number of carbonyl (C=O) groups excluding carboxylic acids is 2. The number of hydrogen-bond donors (Lipinski definition) is 0. The van der Waals surface area contributed by atoms with Gasteiger partial charge in [-0.15, -0.1) is 0 Å². The van der Waals surface area contributed by atoms with Crippen molar-refractivity contribution in [1.82, 2.24) is 4.90 Å². The number of carbonyl (C=O) groups is 2. The summed E-state index contributed by atoms with van der Waals surface area (Å²) in [7, 11) is -1.83. The molecule has 2 heterocycles. The van der Waals surface area contributed by atoms with Crippen molar-refractivity contribution in [2.75, 3.05) is 19.7 Å². The third-order valence-electron chi connectivity index (χ3n) is 6.86. The molecule has 1 saturated heterocycles. The highest BCUT2D eigenvalue weighted by Gasteiger charge is 2.40. The fraction of sp³-hybridized carbons (Fsp3) is 0.385. The average molecular weight is 468 g/mol. The van der Waals surface area contributed by atoms with E-state index in [0.29, 0.717) is 42.1 Å². The Morgan fingerprint density at radius 1 is 1.18 bits per heavy atom. The van der Waals surface area contributed by atoms with Gasteiger partial charge in [0.2, 0.25) is 0 Å². The van der Waals surface area contributed by atoms with E-state index in [0.717, 1.165) is 0 Å². The van der Waals surface area contributed by atoms with E-state index in [1.165, 1.54) is 12.1 Å². The number of halogens is 1. The maximum Gasteiger partial charge on any atom is 0.344 e. The zero-order chi connectivity index (χ0) is 24.0. The second-order valence-corrected chi connectivity index (χ2v) is 15.1. The molecule has 0 radical (unpaired) electrons. The number of benzene rings is 2. The van der Waals surface area contributed by atoms with Gasteiger partial charge >= 0.3 is 5.97 Å². The summed E-state index contributed by atoms with van der Waals surface area (Å²) in [6.45, 7) is 12.8. The maximum absolute atomic E-state index is 14.5. The Balaban J connectivity index is 1.43. The van der Waals surface area contributed by atoms with Crippen LogP contribution < -0.4 is 0 Å². The number of esters is 1. The summed E-state index contributed by atoms with van der Waals surface area (Å²) in [5.41, 5.74) is 1.80. The molecule has 2 aliphatic heterocycles. The molecule has 0 spiro atoms. The first-order valence-corrected chi connectivity index (χ1v) is 14.1. The van der Waals surface area contributed by atoms with Gasteiger partial charge < -0.3 is 14.1 Å². The topological polar surface area (TPSA) is 55.8 Å². The zero-order valence-corrected chi connectivity index (χ0v) is 20.8. The van der Waals surface area contributed by atoms with Crippen LogP contribution >= 0.6 is 0 Å². The van der Waals surface area contributed by atoms with Crippen LogP contribution in [0, 0.1) is 11.7 Å². The van der Waals surface area contributed by atoms with Crippen molar-refractivity contribution in [2.24, 2.45) is 5.92 Å². The second-order valence-electron chi connectivity index (χ2n) is 10.3. The highest BCUT2D eigenvalue weighted by molar-refractivity contribution is 6.74. The molecule has 0 aliphatic carbocycles. The summed E-state index contributed by atoms with van der Waals surface area (Å²) in [4.78, 5) is 26.6. The van der Waals surface area contributed by atoms with E-state index in [1.807, 2.05) is 6.07 Å². The van der Waals surface area contributed by atoms with Gasteiger partial charge in [0.15, 0.2) is 8.32 Å². The summed E-state index contributed by atoms with van der Waals surface area (Å²) >= 11 is 0. The first kappa shape index (κ1) is 23.4. The van der Waals surface area contributed by atoms with Crippen molar-refractivity contribution in [3.05, 3.63) is 70.5 Å². The van der Waals surface area contributed by atoms with Crippen molar-refractivity contribution in [3.63, 3.8) is 0 Å². The minimum Gasteiger partial charge on any atom is -0.422 e. The molecule has 2 aromatic rings. The van der Waals surface area contributed by atoms with E-state index in [2.05, 4.69) is 33.9 Å². The average Bonchev–Trinajstić information content (AvgIpc) is 3.03. The van der Waals surface area contributed by atoms with Crippen molar-refractivity contribution in [2.45, 2.75) is 38.9 Å². The number of fused-ring (bicyclic) bond motifs is 1. The Morgan fingerprint density at radius 3 is 2.52 bits per heavy atom. The van der Waals surface area contributed by atoms with Crippen LogP contribution in [-0.4, -0.2) is 44.8 Å². The van der Waals surface area contributed by atoms with Gasteiger partial charge in [-0.1, -0.05) is 45.0 Å². The van der Waals surface area contributed by atoms with Crippen LogP contribution in [0.4, 0.5) is 4.39 Å². The van der Waals surface area contributed by atoms with Crippen LogP contribution in [0.25, 0.3) is 11.8 Å². The largest absolute Gasteiger partial charge is 0.422 e. The molecule has 4 rings (SSSR count). The maximum atomic E-state index is 14.5. The third kappa shape index (κ3) is 4.65. The molecule has 0 bridgehead atoms. The number of rotatable bonds is 5. The monoisotopic (exact) mass is 467 g/mol. The molecule has 33 heavy (non-hydrogen) atoms. The van der Waals surface area contributed by atoms with Gasteiger partial charge in [-0.3, -0.25) is 4.79 Å². The van der Waals surface area contributed by atoms with Crippen LogP contribution in [0.3, 0.4) is 0 Å². The molecule has 174 valence electrons. The van der Waals surface area contributed by atoms with E-state index in [-0.39, 0.29) is 22.4 Å². The predicted molar refractivity (Wildman–Crippen MR) is 129 cm³/mol. The standard InChI is InChI=1S/C26H30FNO4Si/c1-26(2,3)33(4,5)31-16-18-14-28(15-18)24(29)21-12-17(10-11-22(21)27)13-23-19-8-6-7-9-20(19)25(30)32-23/h6-13,18H,14-16H2,1-5H3/b23-13-. The number of hydrogen-bond acceptors (Lipinski definition) is 4. The quantitative estimate of drug-likeness (QED) is 0.425. The van der Waals surface area contributed by atoms with E-state index >= 15 is 0 Å². The van der Waals surface area contributed by atoms with Crippen LogP contribution in [-0.2, 0) is 9.16 Å². The molecule has 2 aliphatic rings. The number of amides is 1. The van der Waals surface area contributed by atoms with Crippen molar-refractivity contribution in [1.29, 1.82) is 0 Å². The van der Waals surface area contributed by atoms with Crippen LogP contribution in [0.5, 0.6) is 0 Å². The highest BCUT2D eigenvalue weighted by Crippen LogP contribution is 2.37. The van der Waals surface area contributed by atoms with Gasteiger partial charge in [0.1, 0.15) is 11.6 Å². The fourth-order valence-electron chi connectivity index (χ4n) is 3.70. The Morgan fingerprint density at radius 2 is 1.85 bits per heavy atom. The fourth-order valence-corrected chi connectivity index (χ4v) is 4.78. The molecule has 0 unspecified atom stereocenters. The molecular formula is C26H30FNO4Si. The van der Waals surface area contributed by atoms with E-state index < -0.39 is 20.1 Å². The Bertz CT molecular complexity index is 1130. The minimum atomic E-state index is -1.83. The Hall–Kier alpha value is -2.77. The van der Waals surface area contributed by atoms with Crippen molar-refractivity contribution < 1.29 is 23.1 Å². The molecule has 0 aromatic heterocycles. The lowest BCUT2D eigenvalue weighted by Gasteiger charge is -2.43.